The molecule has 0 bridgehead atoms. The first-order valence-electron chi connectivity index (χ1n) is 6.31. The molecule has 1 aromatic carbocycles. The second-order valence-electron chi connectivity index (χ2n) is 3.99. The molecule has 106 valence electrons. The van der Waals surface area contributed by atoms with Crippen molar-refractivity contribution in [2.75, 3.05) is 33.5 Å². The second-order valence-corrected chi connectivity index (χ2v) is 3.99. The second kappa shape index (κ2) is 8.50. The summed E-state index contributed by atoms with van der Waals surface area (Å²) in [6, 6.07) is 7.51. The van der Waals surface area contributed by atoms with Crippen molar-refractivity contribution in [3.63, 3.8) is 0 Å². The van der Waals surface area contributed by atoms with Crippen molar-refractivity contribution < 1.29 is 19.4 Å². The van der Waals surface area contributed by atoms with Crippen molar-refractivity contribution in [2.45, 2.75) is 13.5 Å². The SMILES string of the molecule is CCOCC(=O)N(CCO)Cc1ccccc1OC. The topological polar surface area (TPSA) is 59.0 Å². The van der Waals surface area contributed by atoms with Crippen LogP contribution in [0, 0.1) is 0 Å². The third-order valence-corrected chi connectivity index (χ3v) is 2.71. The molecule has 5 heteroatoms. The maximum absolute atomic E-state index is 11.9. The number of ether oxygens (including phenoxy) is 2. The van der Waals surface area contributed by atoms with Gasteiger partial charge in [-0.2, -0.15) is 0 Å². The Labute approximate surface area is 113 Å². The minimum atomic E-state index is -0.137. The van der Waals surface area contributed by atoms with Crippen LogP contribution in [0.25, 0.3) is 0 Å². The number of carbonyl (C=O) groups excluding carboxylic acids is 1. The number of hydrogen-bond acceptors (Lipinski definition) is 4. The van der Waals surface area contributed by atoms with Crippen LogP contribution in [0.5, 0.6) is 5.75 Å². The molecule has 1 rings (SSSR count). The Morgan fingerprint density at radius 1 is 1.37 bits per heavy atom. The Morgan fingerprint density at radius 3 is 2.74 bits per heavy atom. The number of para-hydroxylation sites is 1. The van der Waals surface area contributed by atoms with Gasteiger partial charge in [-0.1, -0.05) is 18.2 Å². The van der Waals surface area contributed by atoms with Gasteiger partial charge in [-0.3, -0.25) is 4.79 Å². The van der Waals surface area contributed by atoms with Crippen LogP contribution in [0.15, 0.2) is 24.3 Å². The molecule has 1 N–H and O–H groups in total. The standard InChI is InChI=1S/C14H21NO4/c1-3-19-11-14(17)15(8-9-16)10-12-6-4-5-7-13(12)18-2/h4-7,16H,3,8-11H2,1-2H3. The highest BCUT2D eigenvalue weighted by atomic mass is 16.5. The van der Waals surface area contributed by atoms with Gasteiger partial charge in [-0.15, -0.1) is 0 Å². The van der Waals surface area contributed by atoms with E-state index in [1.807, 2.05) is 31.2 Å². The summed E-state index contributed by atoms with van der Waals surface area (Å²) >= 11 is 0. The molecule has 0 atom stereocenters. The number of aliphatic hydroxyl groups is 1. The van der Waals surface area contributed by atoms with Gasteiger partial charge < -0.3 is 19.5 Å². The van der Waals surface area contributed by atoms with Gasteiger partial charge >= 0.3 is 0 Å². The Hall–Kier alpha value is -1.59. The molecule has 0 saturated carbocycles. The molecule has 0 heterocycles. The van der Waals surface area contributed by atoms with Crippen molar-refractivity contribution in [1.29, 1.82) is 0 Å². The third-order valence-electron chi connectivity index (χ3n) is 2.71. The number of rotatable bonds is 8. The molecule has 0 saturated heterocycles. The number of carbonyl (C=O) groups is 1. The third kappa shape index (κ3) is 4.89. The number of methoxy groups -OCH3 is 1. The van der Waals surface area contributed by atoms with Gasteiger partial charge in [0, 0.05) is 25.3 Å². The van der Waals surface area contributed by atoms with Gasteiger partial charge in [0.25, 0.3) is 0 Å². The summed E-state index contributed by atoms with van der Waals surface area (Å²) in [7, 11) is 1.59. The Balaban J connectivity index is 2.74. The van der Waals surface area contributed by atoms with Crippen LogP contribution in [0.2, 0.25) is 0 Å². The number of hydrogen-bond donors (Lipinski definition) is 1. The van der Waals surface area contributed by atoms with Gasteiger partial charge in [0.1, 0.15) is 12.4 Å². The van der Waals surface area contributed by atoms with E-state index in [0.717, 1.165) is 11.3 Å². The van der Waals surface area contributed by atoms with Crippen LogP contribution in [0.3, 0.4) is 0 Å². The van der Waals surface area contributed by atoms with E-state index < -0.39 is 0 Å². The molecule has 0 aliphatic carbocycles. The Morgan fingerprint density at radius 2 is 2.11 bits per heavy atom. The van der Waals surface area contributed by atoms with E-state index in [-0.39, 0.29) is 25.7 Å². The summed E-state index contributed by atoms with van der Waals surface area (Å²) in [5.74, 6) is 0.594. The first-order valence-corrected chi connectivity index (χ1v) is 6.31. The van der Waals surface area contributed by atoms with Crippen molar-refractivity contribution in [3.05, 3.63) is 29.8 Å². The molecular weight excluding hydrogens is 246 g/mol. The molecule has 0 radical (unpaired) electrons. The van der Waals surface area contributed by atoms with Gasteiger partial charge in [0.2, 0.25) is 5.91 Å². The fraction of sp³-hybridized carbons (Fsp3) is 0.500. The van der Waals surface area contributed by atoms with E-state index in [0.29, 0.717) is 13.2 Å². The van der Waals surface area contributed by atoms with Gasteiger partial charge in [0.05, 0.1) is 13.7 Å². The fourth-order valence-electron chi connectivity index (χ4n) is 1.73. The van der Waals surface area contributed by atoms with Crippen molar-refractivity contribution in [1.82, 2.24) is 4.90 Å². The molecule has 0 aliphatic rings. The molecule has 0 spiro atoms. The minimum absolute atomic E-state index is 0.0334. The maximum atomic E-state index is 11.9. The highest BCUT2D eigenvalue weighted by Gasteiger charge is 2.15. The zero-order chi connectivity index (χ0) is 14.1. The van der Waals surface area contributed by atoms with Crippen LogP contribution in [0.4, 0.5) is 0 Å². The molecule has 1 amide bonds. The zero-order valence-corrected chi connectivity index (χ0v) is 11.5. The first kappa shape index (κ1) is 15.5. The lowest BCUT2D eigenvalue weighted by Crippen LogP contribution is -2.35. The van der Waals surface area contributed by atoms with Crippen LogP contribution in [-0.2, 0) is 16.1 Å². The number of amides is 1. The van der Waals surface area contributed by atoms with Gasteiger partial charge in [0.15, 0.2) is 0 Å². The molecule has 0 fully saturated rings. The zero-order valence-electron chi connectivity index (χ0n) is 11.5. The van der Waals surface area contributed by atoms with E-state index in [4.69, 9.17) is 14.6 Å². The van der Waals surface area contributed by atoms with Gasteiger partial charge in [-0.05, 0) is 13.0 Å². The number of benzene rings is 1. The highest BCUT2D eigenvalue weighted by molar-refractivity contribution is 5.77. The van der Waals surface area contributed by atoms with E-state index in [1.165, 1.54) is 0 Å². The van der Waals surface area contributed by atoms with E-state index in [2.05, 4.69) is 0 Å². The van der Waals surface area contributed by atoms with Crippen LogP contribution >= 0.6 is 0 Å². The predicted molar refractivity (Wildman–Crippen MR) is 72.0 cm³/mol. The molecule has 5 nitrogen and oxygen atoms in total. The van der Waals surface area contributed by atoms with Crippen LogP contribution in [-0.4, -0.2) is 49.4 Å². The normalized spacial score (nSPS) is 10.3. The quantitative estimate of drug-likeness (QED) is 0.765. The lowest BCUT2D eigenvalue weighted by molar-refractivity contribution is -0.137. The molecule has 19 heavy (non-hydrogen) atoms. The molecular formula is C14H21NO4. The monoisotopic (exact) mass is 267 g/mol. The first-order chi connectivity index (χ1) is 9.22. The van der Waals surface area contributed by atoms with Crippen molar-refractivity contribution in [3.8, 4) is 5.75 Å². The summed E-state index contributed by atoms with van der Waals surface area (Å²) in [5.41, 5.74) is 0.906. The van der Waals surface area contributed by atoms with E-state index in [1.54, 1.807) is 12.0 Å². The average Bonchev–Trinajstić information content (AvgIpc) is 2.44. The molecule has 1 aromatic rings. The highest BCUT2D eigenvalue weighted by Crippen LogP contribution is 2.19. The summed E-state index contributed by atoms with van der Waals surface area (Å²) in [6.07, 6.45) is 0. The Kier molecular flexibility index (Phi) is 6.92. The summed E-state index contributed by atoms with van der Waals surface area (Å²) in [6.45, 7) is 2.97. The largest absolute Gasteiger partial charge is 0.496 e. The predicted octanol–water partition coefficient (Wildman–Crippen LogP) is 1.05. The smallest absolute Gasteiger partial charge is 0.248 e. The van der Waals surface area contributed by atoms with E-state index in [9.17, 15) is 4.79 Å². The fourth-order valence-corrected chi connectivity index (χ4v) is 1.73. The van der Waals surface area contributed by atoms with Crippen LogP contribution < -0.4 is 4.74 Å². The summed E-state index contributed by atoms with van der Waals surface area (Å²) < 4.78 is 10.4. The molecule has 0 aliphatic heterocycles. The number of nitrogens with zero attached hydrogens (tertiary/aromatic N) is 1. The molecule has 0 aromatic heterocycles. The summed E-state index contributed by atoms with van der Waals surface area (Å²) in [5, 5.41) is 9.05. The maximum Gasteiger partial charge on any atom is 0.248 e. The van der Waals surface area contributed by atoms with Crippen molar-refractivity contribution >= 4 is 5.91 Å². The average molecular weight is 267 g/mol. The van der Waals surface area contributed by atoms with Gasteiger partial charge in [-0.25, -0.2) is 0 Å². The lowest BCUT2D eigenvalue weighted by atomic mass is 10.2. The minimum Gasteiger partial charge on any atom is -0.496 e. The van der Waals surface area contributed by atoms with E-state index >= 15 is 0 Å². The molecule has 0 unspecified atom stereocenters. The van der Waals surface area contributed by atoms with Crippen molar-refractivity contribution in [2.24, 2.45) is 0 Å². The lowest BCUT2D eigenvalue weighted by Gasteiger charge is -2.22. The summed E-state index contributed by atoms with van der Waals surface area (Å²) in [4.78, 5) is 13.5. The number of aliphatic hydroxyl groups excluding tert-OH is 1. The Bertz CT molecular complexity index is 395. The van der Waals surface area contributed by atoms with Crippen LogP contribution in [0.1, 0.15) is 12.5 Å².